The summed E-state index contributed by atoms with van der Waals surface area (Å²) < 4.78 is 0. The first-order valence-electron chi connectivity index (χ1n) is 3.20. The number of carboxylic acid groups (broad SMARTS) is 1. The van der Waals surface area contributed by atoms with Crippen LogP contribution in [0.4, 0.5) is 0 Å². The first-order chi connectivity index (χ1) is 4.54. The third kappa shape index (κ3) is 4.29. The smallest absolute Gasteiger partial charge is 0.320 e. The van der Waals surface area contributed by atoms with Crippen LogP contribution in [0, 0.1) is 0 Å². The van der Waals surface area contributed by atoms with Gasteiger partial charge in [-0.05, 0) is 19.8 Å². The summed E-state index contributed by atoms with van der Waals surface area (Å²) in [5.74, 6) is -1.01. The molecule has 0 amide bonds. The van der Waals surface area contributed by atoms with E-state index in [0.717, 1.165) is 0 Å². The van der Waals surface area contributed by atoms with Crippen molar-refractivity contribution in [3.8, 4) is 0 Å². The molecule has 0 rings (SSSR count). The minimum atomic E-state index is -1.01. The zero-order valence-corrected chi connectivity index (χ0v) is 5.95. The molecule has 0 radical (unpaired) electrons. The summed E-state index contributed by atoms with van der Waals surface area (Å²) in [6, 6.07) is -0.838. The van der Waals surface area contributed by atoms with E-state index in [9.17, 15) is 4.79 Å². The average molecular weight is 147 g/mol. The Morgan fingerprint density at radius 2 is 2.10 bits per heavy atom. The Morgan fingerprint density at radius 3 is 2.40 bits per heavy atom. The van der Waals surface area contributed by atoms with E-state index in [2.05, 4.69) is 0 Å². The second-order valence-corrected chi connectivity index (χ2v) is 2.37. The highest BCUT2D eigenvalue weighted by Gasteiger charge is 2.11. The minimum absolute atomic E-state index is 0.326. The van der Waals surface area contributed by atoms with Crippen LogP contribution in [0.1, 0.15) is 19.8 Å². The lowest BCUT2D eigenvalue weighted by molar-refractivity contribution is -0.138. The standard InChI is InChI=1S/C6H13NO3/c1-4(8)2-3-5(7)6(9)10/h4-5,8H,2-3,7H2,1H3,(H,9,10)/t4-,5-/m0/s1. The molecule has 0 saturated carbocycles. The quantitative estimate of drug-likeness (QED) is 0.503. The molecular formula is C6H13NO3. The van der Waals surface area contributed by atoms with Crippen LogP contribution < -0.4 is 5.73 Å². The van der Waals surface area contributed by atoms with Crippen LogP contribution >= 0.6 is 0 Å². The maximum Gasteiger partial charge on any atom is 0.320 e. The molecule has 0 unspecified atom stereocenters. The fourth-order valence-corrected chi connectivity index (χ4v) is 0.544. The molecule has 0 aromatic carbocycles. The third-order valence-electron chi connectivity index (χ3n) is 1.21. The van der Waals surface area contributed by atoms with Gasteiger partial charge in [-0.25, -0.2) is 0 Å². The SMILES string of the molecule is C[C@H](O)CC[C@H](N)C(=O)O. The molecule has 0 heterocycles. The van der Waals surface area contributed by atoms with Gasteiger partial charge in [0.05, 0.1) is 6.10 Å². The van der Waals surface area contributed by atoms with Crippen molar-refractivity contribution in [2.24, 2.45) is 5.73 Å². The molecule has 10 heavy (non-hydrogen) atoms. The van der Waals surface area contributed by atoms with Gasteiger partial charge in [0.1, 0.15) is 6.04 Å². The van der Waals surface area contributed by atoms with Crippen molar-refractivity contribution in [1.29, 1.82) is 0 Å². The van der Waals surface area contributed by atoms with Crippen molar-refractivity contribution in [2.75, 3.05) is 0 Å². The largest absolute Gasteiger partial charge is 0.480 e. The summed E-state index contributed by atoms with van der Waals surface area (Å²) in [7, 11) is 0. The zero-order valence-electron chi connectivity index (χ0n) is 5.95. The van der Waals surface area contributed by atoms with Crippen molar-refractivity contribution < 1.29 is 15.0 Å². The molecule has 0 aliphatic rings. The van der Waals surface area contributed by atoms with Crippen molar-refractivity contribution in [2.45, 2.75) is 31.9 Å². The van der Waals surface area contributed by atoms with Crippen molar-refractivity contribution in [3.05, 3.63) is 0 Å². The molecule has 60 valence electrons. The first-order valence-corrected chi connectivity index (χ1v) is 3.20. The lowest BCUT2D eigenvalue weighted by atomic mass is 10.1. The van der Waals surface area contributed by atoms with E-state index in [-0.39, 0.29) is 0 Å². The van der Waals surface area contributed by atoms with E-state index in [1.165, 1.54) is 0 Å². The third-order valence-corrected chi connectivity index (χ3v) is 1.21. The number of rotatable bonds is 4. The Morgan fingerprint density at radius 1 is 1.60 bits per heavy atom. The van der Waals surface area contributed by atoms with Crippen LogP contribution in [0.3, 0.4) is 0 Å². The molecular weight excluding hydrogens is 134 g/mol. The van der Waals surface area contributed by atoms with E-state index in [4.69, 9.17) is 15.9 Å². The molecule has 0 aromatic rings. The van der Waals surface area contributed by atoms with Gasteiger partial charge in [-0.2, -0.15) is 0 Å². The van der Waals surface area contributed by atoms with Crippen LogP contribution in [0.15, 0.2) is 0 Å². The van der Waals surface area contributed by atoms with E-state index in [1.807, 2.05) is 0 Å². The highest BCUT2D eigenvalue weighted by atomic mass is 16.4. The minimum Gasteiger partial charge on any atom is -0.480 e. The molecule has 0 aliphatic carbocycles. The average Bonchev–Trinajstić information content (AvgIpc) is 1.82. The maximum atomic E-state index is 10.1. The Bertz CT molecular complexity index is 114. The summed E-state index contributed by atoms with van der Waals surface area (Å²) in [6.07, 6.45) is 0.297. The van der Waals surface area contributed by atoms with Crippen LogP contribution in [0.2, 0.25) is 0 Å². The predicted molar refractivity (Wildman–Crippen MR) is 36.5 cm³/mol. The number of carbonyl (C=O) groups is 1. The van der Waals surface area contributed by atoms with Gasteiger partial charge >= 0.3 is 5.97 Å². The molecule has 0 bridgehead atoms. The van der Waals surface area contributed by atoms with Gasteiger partial charge in [0.25, 0.3) is 0 Å². The second-order valence-electron chi connectivity index (χ2n) is 2.37. The molecule has 4 N–H and O–H groups in total. The normalized spacial score (nSPS) is 16.3. The molecule has 4 nitrogen and oxygen atoms in total. The molecule has 0 aromatic heterocycles. The highest BCUT2D eigenvalue weighted by Crippen LogP contribution is 1.98. The highest BCUT2D eigenvalue weighted by molar-refractivity contribution is 5.72. The van der Waals surface area contributed by atoms with E-state index < -0.39 is 18.1 Å². The van der Waals surface area contributed by atoms with Gasteiger partial charge in [-0.1, -0.05) is 0 Å². The van der Waals surface area contributed by atoms with Crippen molar-refractivity contribution in [1.82, 2.24) is 0 Å². The predicted octanol–water partition coefficient (Wildman–Crippen LogP) is -0.441. The van der Waals surface area contributed by atoms with Gasteiger partial charge in [-0.15, -0.1) is 0 Å². The molecule has 0 fully saturated rings. The summed E-state index contributed by atoms with van der Waals surface area (Å²) in [4.78, 5) is 10.1. The summed E-state index contributed by atoms with van der Waals surface area (Å²) in [5.41, 5.74) is 5.15. The number of nitrogens with two attached hydrogens (primary N) is 1. The van der Waals surface area contributed by atoms with Crippen LogP contribution in [0.5, 0.6) is 0 Å². The summed E-state index contributed by atoms with van der Waals surface area (Å²) >= 11 is 0. The van der Waals surface area contributed by atoms with Gasteiger partial charge in [0.15, 0.2) is 0 Å². The number of aliphatic carboxylic acids is 1. The van der Waals surface area contributed by atoms with Crippen LogP contribution in [0.25, 0.3) is 0 Å². The molecule has 2 atom stereocenters. The van der Waals surface area contributed by atoms with Crippen molar-refractivity contribution >= 4 is 5.97 Å². The van der Waals surface area contributed by atoms with Gasteiger partial charge in [0, 0.05) is 0 Å². The Hall–Kier alpha value is -0.610. The summed E-state index contributed by atoms with van der Waals surface area (Å²) in [5, 5.41) is 17.0. The van der Waals surface area contributed by atoms with Crippen LogP contribution in [-0.2, 0) is 4.79 Å². The van der Waals surface area contributed by atoms with E-state index in [1.54, 1.807) is 6.92 Å². The van der Waals surface area contributed by atoms with E-state index >= 15 is 0 Å². The number of carboxylic acids is 1. The monoisotopic (exact) mass is 147 g/mol. The summed E-state index contributed by atoms with van der Waals surface area (Å²) in [6.45, 7) is 1.61. The number of aliphatic hydroxyl groups is 1. The number of hydrogen-bond acceptors (Lipinski definition) is 3. The molecule has 0 aliphatic heterocycles. The lowest BCUT2D eigenvalue weighted by Crippen LogP contribution is -2.30. The Balaban J connectivity index is 3.40. The zero-order chi connectivity index (χ0) is 8.15. The van der Waals surface area contributed by atoms with E-state index in [0.29, 0.717) is 12.8 Å². The fraction of sp³-hybridized carbons (Fsp3) is 0.833. The van der Waals surface area contributed by atoms with Crippen molar-refractivity contribution in [3.63, 3.8) is 0 Å². The Labute approximate surface area is 59.7 Å². The fourth-order valence-electron chi connectivity index (χ4n) is 0.544. The first kappa shape index (κ1) is 9.39. The van der Waals surface area contributed by atoms with Gasteiger partial charge in [-0.3, -0.25) is 4.79 Å². The van der Waals surface area contributed by atoms with Crippen LogP contribution in [-0.4, -0.2) is 28.3 Å². The molecule has 4 heteroatoms. The topological polar surface area (TPSA) is 83.5 Å². The molecule has 0 spiro atoms. The molecule has 0 saturated heterocycles. The van der Waals surface area contributed by atoms with Gasteiger partial charge < -0.3 is 15.9 Å². The number of hydrogen-bond donors (Lipinski definition) is 3. The lowest BCUT2D eigenvalue weighted by Gasteiger charge is -2.06. The number of aliphatic hydroxyl groups excluding tert-OH is 1. The Kier molecular flexibility index (Phi) is 3.99. The maximum absolute atomic E-state index is 10.1. The van der Waals surface area contributed by atoms with Gasteiger partial charge in [0.2, 0.25) is 0 Å². The second kappa shape index (κ2) is 4.24.